The number of amides is 1. The van der Waals surface area contributed by atoms with Crippen molar-refractivity contribution in [1.82, 2.24) is 14.8 Å². The van der Waals surface area contributed by atoms with E-state index in [0.717, 1.165) is 17.2 Å². The lowest BCUT2D eigenvalue weighted by Gasteiger charge is -2.25. The summed E-state index contributed by atoms with van der Waals surface area (Å²) >= 11 is 3.36. The van der Waals surface area contributed by atoms with Gasteiger partial charge in [-0.15, -0.1) is 0 Å². The van der Waals surface area contributed by atoms with Gasteiger partial charge in [0.05, 0.1) is 41.2 Å². The van der Waals surface area contributed by atoms with E-state index in [0.29, 0.717) is 33.5 Å². The van der Waals surface area contributed by atoms with E-state index in [9.17, 15) is 22.4 Å². The Labute approximate surface area is 236 Å². The quantitative estimate of drug-likeness (QED) is 0.184. The number of hydrogen-bond donors (Lipinski definition) is 0. The molecule has 0 aliphatic heterocycles. The van der Waals surface area contributed by atoms with Crippen LogP contribution in [0.25, 0.3) is 10.9 Å². The number of aryl methyl sites for hydroxylation is 1. The van der Waals surface area contributed by atoms with E-state index < -0.39 is 17.8 Å². The molecule has 0 fully saturated rings. The molecule has 3 aromatic carbocycles. The van der Waals surface area contributed by atoms with Crippen LogP contribution in [0.1, 0.15) is 38.6 Å². The number of pyridine rings is 1. The van der Waals surface area contributed by atoms with Crippen LogP contribution in [-0.2, 0) is 19.3 Å². The Hall–Kier alpha value is -4.05. The maximum atomic E-state index is 14.3. The van der Waals surface area contributed by atoms with Gasteiger partial charge in [-0.1, -0.05) is 58.4 Å². The van der Waals surface area contributed by atoms with Crippen molar-refractivity contribution in [2.75, 3.05) is 4.90 Å². The molecule has 0 radical (unpaired) electrons. The Morgan fingerprint density at radius 1 is 0.950 bits per heavy atom. The number of anilines is 1. The lowest BCUT2D eigenvalue weighted by Crippen LogP contribution is -2.32. The molecule has 0 aliphatic rings. The van der Waals surface area contributed by atoms with E-state index in [2.05, 4.69) is 26.0 Å². The van der Waals surface area contributed by atoms with Crippen molar-refractivity contribution in [3.05, 3.63) is 123 Å². The number of carbonyl (C=O) groups excluding carboxylic acids is 1. The standard InChI is InChI=1S/C30H23BrF4N4O/c1-18-28(19(2)39(37-18)17-21-8-11-23(32)12-9-21)38(16-20-6-4-3-5-7-20)29(40)25-15-27(30(33,34)35)36-26-13-10-22(31)14-24(25)26/h3-15H,16-17H2,1-2H3. The Bertz CT molecular complexity index is 1700. The zero-order valence-electron chi connectivity index (χ0n) is 21.5. The molecule has 204 valence electrons. The third kappa shape index (κ3) is 5.62. The molecule has 0 bridgehead atoms. The Morgan fingerprint density at radius 3 is 2.33 bits per heavy atom. The van der Waals surface area contributed by atoms with E-state index in [1.807, 2.05) is 30.3 Å². The first kappa shape index (κ1) is 27.5. The van der Waals surface area contributed by atoms with E-state index in [-0.39, 0.29) is 23.4 Å². The summed E-state index contributed by atoms with van der Waals surface area (Å²) in [6.45, 7) is 3.97. The average molecular weight is 611 g/mol. The topological polar surface area (TPSA) is 51.0 Å². The summed E-state index contributed by atoms with van der Waals surface area (Å²) in [7, 11) is 0. The van der Waals surface area contributed by atoms with Gasteiger partial charge in [-0.25, -0.2) is 9.37 Å². The first-order valence-corrected chi connectivity index (χ1v) is 13.1. The summed E-state index contributed by atoms with van der Waals surface area (Å²) < 4.78 is 57.2. The predicted molar refractivity (Wildman–Crippen MR) is 149 cm³/mol. The zero-order chi connectivity index (χ0) is 28.6. The van der Waals surface area contributed by atoms with Crippen molar-refractivity contribution in [2.24, 2.45) is 0 Å². The smallest absolute Gasteiger partial charge is 0.300 e. The summed E-state index contributed by atoms with van der Waals surface area (Å²) in [5, 5.41) is 4.92. The molecule has 0 spiro atoms. The van der Waals surface area contributed by atoms with Gasteiger partial charge in [0.2, 0.25) is 0 Å². The van der Waals surface area contributed by atoms with Crippen LogP contribution in [0.15, 0.2) is 83.3 Å². The molecule has 0 saturated heterocycles. The molecule has 40 heavy (non-hydrogen) atoms. The van der Waals surface area contributed by atoms with Crippen LogP contribution in [0.4, 0.5) is 23.2 Å². The first-order valence-electron chi connectivity index (χ1n) is 12.3. The second-order valence-corrected chi connectivity index (χ2v) is 10.3. The van der Waals surface area contributed by atoms with Gasteiger partial charge in [-0.05, 0) is 61.4 Å². The summed E-state index contributed by atoms with van der Waals surface area (Å²) in [5.41, 5.74) is 2.04. The number of alkyl halides is 3. The van der Waals surface area contributed by atoms with Gasteiger partial charge in [0.25, 0.3) is 5.91 Å². The molecule has 2 heterocycles. The van der Waals surface area contributed by atoms with Gasteiger partial charge in [0.15, 0.2) is 0 Å². The third-order valence-electron chi connectivity index (χ3n) is 6.58. The highest BCUT2D eigenvalue weighted by Gasteiger charge is 2.35. The fraction of sp³-hybridized carbons (Fsp3) is 0.167. The van der Waals surface area contributed by atoms with Crippen molar-refractivity contribution >= 4 is 38.4 Å². The molecule has 0 unspecified atom stereocenters. The molecule has 5 rings (SSSR count). The summed E-state index contributed by atoms with van der Waals surface area (Å²) in [6.07, 6.45) is -4.74. The van der Waals surface area contributed by atoms with Crippen molar-refractivity contribution < 1.29 is 22.4 Å². The van der Waals surface area contributed by atoms with E-state index in [1.54, 1.807) is 42.8 Å². The van der Waals surface area contributed by atoms with Crippen molar-refractivity contribution in [2.45, 2.75) is 33.1 Å². The first-order chi connectivity index (χ1) is 19.0. The molecule has 2 aromatic heterocycles. The zero-order valence-corrected chi connectivity index (χ0v) is 23.1. The number of benzene rings is 3. The number of carbonyl (C=O) groups is 1. The fourth-order valence-corrected chi connectivity index (χ4v) is 5.04. The maximum Gasteiger partial charge on any atom is 0.433 e. The molecule has 0 saturated carbocycles. The van der Waals surface area contributed by atoms with Crippen molar-refractivity contribution in [1.29, 1.82) is 0 Å². The predicted octanol–water partition coefficient (Wildman–Crippen LogP) is 7.86. The highest BCUT2D eigenvalue weighted by molar-refractivity contribution is 9.10. The SMILES string of the molecule is Cc1nn(Cc2ccc(F)cc2)c(C)c1N(Cc1ccccc1)C(=O)c1cc(C(F)(F)F)nc2ccc(Br)cc12. The van der Waals surface area contributed by atoms with Crippen molar-refractivity contribution in [3.8, 4) is 0 Å². The Morgan fingerprint density at radius 2 is 1.65 bits per heavy atom. The number of hydrogen-bond acceptors (Lipinski definition) is 3. The highest BCUT2D eigenvalue weighted by atomic mass is 79.9. The van der Waals surface area contributed by atoms with Crippen LogP contribution in [0.2, 0.25) is 0 Å². The third-order valence-corrected chi connectivity index (χ3v) is 7.07. The number of rotatable bonds is 6. The Kier molecular flexibility index (Phi) is 7.46. The van der Waals surface area contributed by atoms with Crippen LogP contribution < -0.4 is 4.90 Å². The van der Waals surface area contributed by atoms with Crippen LogP contribution in [0.3, 0.4) is 0 Å². The van der Waals surface area contributed by atoms with Gasteiger partial charge in [0.1, 0.15) is 11.5 Å². The van der Waals surface area contributed by atoms with Crippen LogP contribution in [0.5, 0.6) is 0 Å². The van der Waals surface area contributed by atoms with E-state index in [1.165, 1.54) is 23.1 Å². The van der Waals surface area contributed by atoms with Gasteiger partial charge in [-0.3, -0.25) is 9.48 Å². The molecule has 5 aromatic rings. The average Bonchev–Trinajstić information content (AvgIpc) is 3.19. The summed E-state index contributed by atoms with van der Waals surface area (Å²) in [5.74, 6) is -0.973. The number of aromatic nitrogens is 3. The lowest BCUT2D eigenvalue weighted by atomic mass is 10.0. The van der Waals surface area contributed by atoms with Gasteiger partial charge < -0.3 is 4.90 Å². The number of halogens is 5. The lowest BCUT2D eigenvalue weighted by molar-refractivity contribution is -0.140. The minimum atomic E-state index is -4.74. The maximum absolute atomic E-state index is 14.3. The fourth-order valence-electron chi connectivity index (χ4n) is 4.68. The normalized spacial score (nSPS) is 11.7. The second kappa shape index (κ2) is 10.8. The van der Waals surface area contributed by atoms with Crippen LogP contribution >= 0.6 is 15.9 Å². The molecular weight excluding hydrogens is 588 g/mol. The molecule has 10 heteroatoms. The molecular formula is C30H23BrF4N4O. The molecule has 0 atom stereocenters. The highest BCUT2D eigenvalue weighted by Crippen LogP contribution is 2.35. The molecule has 0 aliphatic carbocycles. The minimum absolute atomic E-state index is 0.0569. The second-order valence-electron chi connectivity index (χ2n) is 9.39. The molecule has 1 amide bonds. The molecule has 5 nitrogen and oxygen atoms in total. The largest absolute Gasteiger partial charge is 0.433 e. The van der Waals surface area contributed by atoms with Crippen LogP contribution in [0, 0.1) is 19.7 Å². The minimum Gasteiger partial charge on any atom is -0.300 e. The molecule has 0 N–H and O–H groups in total. The van der Waals surface area contributed by atoms with Crippen LogP contribution in [-0.4, -0.2) is 20.7 Å². The van der Waals surface area contributed by atoms with Crippen molar-refractivity contribution in [3.63, 3.8) is 0 Å². The Balaban J connectivity index is 1.66. The summed E-state index contributed by atoms with van der Waals surface area (Å²) in [4.78, 5) is 19.5. The van der Waals surface area contributed by atoms with E-state index >= 15 is 0 Å². The van der Waals surface area contributed by atoms with Gasteiger partial charge in [0, 0.05) is 9.86 Å². The number of nitrogens with zero attached hydrogens (tertiary/aromatic N) is 4. The summed E-state index contributed by atoms with van der Waals surface area (Å²) in [6, 6.07) is 20.6. The number of fused-ring (bicyclic) bond motifs is 1. The van der Waals surface area contributed by atoms with Gasteiger partial charge >= 0.3 is 6.18 Å². The van der Waals surface area contributed by atoms with E-state index in [4.69, 9.17) is 0 Å². The van der Waals surface area contributed by atoms with Gasteiger partial charge in [-0.2, -0.15) is 18.3 Å². The monoisotopic (exact) mass is 610 g/mol.